The van der Waals surface area contributed by atoms with E-state index in [0.29, 0.717) is 11.1 Å². The first-order valence-corrected chi connectivity index (χ1v) is 7.56. The third-order valence-electron chi connectivity index (χ3n) is 3.57. The van der Waals surface area contributed by atoms with Gasteiger partial charge in [-0.25, -0.2) is 4.39 Å². The van der Waals surface area contributed by atoms with Crippen LogP contribution >= 0.6 is 15.9 Å². The molecular formula is C17H11BrFNO3. The van der Waals surface area contributed by atoms with E-state index in [2.05, 4.69) is 21.2 Å². The summed E-state index contributed by atoms with van der Waals surface area (Å²) in [4.78, 5) is 24.7. The minimum atomic E-state index is -0.961. The molecule has 0 bridgehead atoms. The maximum atomic E-state index is 13.0. The molecule has 2 aromatic rings. The highest BCUT2D eigenvalue weighted by Crippen LogP contribution is 2.31. The Morgan fingerprint density at radius 2 is 1.61 bits per heavy atom. The largest absolute Gasteiger partial charge is 0.503 e. The average molecular weight is 376 g/mol. The van der Waals surface area contributed by atoms with Crippen molar-refractivity contribution in [1.29, 1.82) is 0 Å². The molecule has 0 unspecified atom stereocenters. The molecule has 2 aromatic carbocycles. The number of hydrogen-bond acceptors (Lipinski definition) is 3. The smallest absolute Gasteiger partial charge is 0.287 e. The van der Waals surface area contributed by atoms with E-state index in [9.17, 15) is 19.1 Å². The van der Waals surface area contributed by atoms with E-state index in [4.69, 9.17) is 0 Å². The Morgan fingerprint density at radius 3 is 2.22 bits per heavy atom. The number of halogens is 2. The first-order chi connectivity index (χ1) is 11.0. The second kappa shape index (κ2) is 5.96. The van der Waals surface area contributed by atoms with Gasteiger partial charge in [-0.05, 0) is 35.4 Å². The highest BCUT2D eigenvalue weighted by molar-refractivity contribution is 9.10. The fraction of sp³-hybridized carbons (Fsp3) is 0.0588. The Balaban J connectivity index is 2.06. The quantitative estimate of drug-likeness (QED) is 0.846. The zero-order valence-corrected chi connectivity index (χ0v) is 13.3. The summed E-state index contributed by atoms with van der Waals surface area (Å²) >= 11 is 3.29. The standard InChI is InChI=1S/C17H11BrFNO3/c18-11-5-1-9(2-6-11)13-15(21)14(20-17(23)16(13)22)10-3-7-12(19)8-4-10/h1-8,14,22H,(H,20,23)/t14-/m1/s1. The maximum Gasteiger partial charge on any atom is 0.287 e. The van der Waals surface area contributed by atoms with E-state index in [-0.39, 0.29) is 5.57 Å². The third-order valence-corrected chi connectivity index (χ3v) is 4.10. The van der Waals surface area contributed by atoms with Gasteiger partial charge in [0.2, 0.25) is 0 Å². The van der Waals surface area contributed by atoms with E-state index in [1.807, 2.05) is 0 Å². The van der Waals surface area contributed by atoms with Crippen LogP contribution in [0.25, 0.3) is 5.57 Å². The molecule has 0 fully saturated rings. The Bertz CT molecular complexity index is 813. The summed E-state index contributed by atoms with van der Waals surface area (Å²) in [5.41, 5.74) is 0.847. The molecule has 1 amide bonds. The predicted octanol–water partition coefficient (Wildman–Crippen LogP) is 3.30. The molecule has 6 heteroatoms. The molecule has 0 aliphatic carbocycles. The van der Waals surface area contributed by atoms with E-state index in [1.54, 1.807) is 24.3 Å². The maximum absolute atomic E-state index is 13.0. The molecule has 23 heavy (non-hydrogen) atoms. The van der Waals surface area contributed by atoms with Gasteiger partial charge < -0.3 is 10.4 Å². The van der Waals surface area contributed by atoms with Gasteiger partial charge in [-0.1, -0.05) is 40.2 Å². The number of ketones is 1. The lowest BCUT2D eigenvalue weighted by atomic mass is 9.89. The Kier molecular flexibility index (Phi) is 4.00. The van der Waals surface area contributed by atoms with E-state index in [1.165, 1.54) is 24.3 Å². The molecule has 1 aliphatic rings. The minimum Gasteiger partial charge on any atom is -0.503 e. The van der Waals surface area contributed by atoms with Crippen LogP contribution in [0.2, 0.25) is 0 Å². The van der Waals surface area contributed by atoms with Gasteiger partial charge in [0, 0.05) is 4.47 Å². The van der Waals surface area contributed by atoms with Crippen LogP contribution in [-0.2, 0) is 9.59 Å². The molecule has 1 atom stereocenters. The predicted molar refractivity (Wildman–Crippen MR) is 86.0 cm³/mol. The summed E-state index contributed by atoms with van der Waals surface area (Å²) in [6.45, 7) is 0. The number of hydrogen-bond donors (Lipinski definition) is 2. The lowest BCUT2D eigenvalue weighted by Crippen LogP contribution is -2.40. The van der Waals surface area contributed by atoms with Crippen molar-refractivity contribution in [3.8, 4) is 0 Å². The molecule has 116 valence electrons. The molecule has 0 spiro atoms. The van der Waals surface area contributed by atoms with E-state index < -0.39 is 29.3 Å². The van der Waals surface area contributed by atoms with Crippen molar-refractivity contribution in [2.75, 3.05) is 0 Å². The number of carbonyl (C=O) groups is 2. The monoisotopic (exact) mass is 375 g/mol. The summed E-state index contributed by atoms with van der Waals surface area (Å²) < 4.78 is 13.9. The van der Waals surface area contributed by atoms with Crippen LogP contribution in [0.15, 0.2) is 58.8 Å². The molecule has 3 rings (SSSR count). The fourth-order valence-corrected chi connectivity index (χ4v) is 2.69. The van der Waals surface area contributed by atoms with Crippen molar-refractivity contribution in [3.63, 3.8) is 0 Å². The van der Waals surface area contributed by atoms with Crippen LogP contribution < -0.4 is 5.32 Å². The van der Waals surface area contributed by atoms with Crippen molar-refractivity contribution >= 4 is 33.2 Å². The lowest BCUT2D eigenvalue weighted by molar-refractivity contribution is -0.126. The van der Waals surface area contributed by atoms with Gasteiger partial charge in [0.05, 0.1) is 5.57 Å². The zero-order valence-electron chi connectivity index (χ0n) is 11.7. The van der Waals surface area contributed by atoms with E-state index in [0.717, 1.165) is 4.47 Å². The van der Waals surface area contributed by atoms with Gasteiger partial charge in [-0.3, -0.25) is 9.59 Å². The van der Waals surface area contributed by atoms with Gasteiger partial charge in [0.1, 0.15) is 11.9 Å². The topological polar surface area (TPSA) is 66.4 Å². The molecule has 0 radical (unpaired) electrons. The Morgan fingerprint density at radius 1 is 1.00 bits per heavy atom. The van der Waals surface area contributed by atoms with Gasteiger partial charge >= 0.3 is 0 Å². The number of rotatable bonds is 2. The van der Waals surface area contributed by atoms with Crippen molar-refractivity contribution in [2.24, 2.45) is 0 Å². The molecule has 0 saturated carbocycles. The molecule has 4 nitrogen and oxygen atoms in total. The number of carbonyl (C=O) groups excluding carboxylic acids is 2. The SMILES string of the molecule is O=C1N[C@H](c2ccc(F)cc2)C(=O)C(c2ccc(Br)cc2)=C1O. The number of aliphatic hydroxyl groups excluding tert-OH is 1. The van der Waals surface area contributed by atoms with Crippen molar-refractivity contribution in [2.45, 2.75) is 6.04 Å². The van der Waals surface area contributed by atoms with Gasteiger partial charge in [0.15, 0.2) is 11.5 Å². The first kappa shape index (κ1) is 15.4. The first-order valence-electron chi connectivity index (χ1n) is 6.77. The molecule has 1 heterocycles. The van der Waals surface area contributed by atoms with Crippen LogP contribution in [-0.4, -0.2) is 16.8 Å². The molecule has 2 N–H and O–H groups in total. The van der Waals surface area contributed by atoms with Crippen LogP contribution in [0.5, 0.6) is 0 Å². The van der Waals surface area contributed by atoms with Crippen LogP contribution in [0.3, 0.4) is 0 Å². The second-order valence-electron chi connectivity index (χ2n) is 5.05. The summed E-state index contributed by atoms with van der Waals surface area (Å²) in [5.74, 6) is -2.24. The number of nitrogens with one attached hydrogen (secondary N) is 1. The summed E-state index contributed by atoms with van der Waals surface area (Å²) in [5, 5.41) is 12.4. The van der Waals surface area contributed by atoms with Crippen LogP contribution in [0.1, 0.15) is 17.2 Å². The van der Waals surface area contributed by atoms with Crippen LogP contribution in [0, 0.1) is 5.82 Å². The number of amides is 1. The van der Waals surface area contributed by atoms with Crippen molar-refractivity contribution < 1.29 is 19.1 Å². The highest BCUT2D eigenvalue weighted by Gasteiger charge is 2.36. The lowest BCUT2D eigenvalue weighted by Gasteiger charge is -2.25. The summed E-state index contributed by atoms with van der Waals surface area (Å²) in [6, 6.07) is 11.0. The minimum absolute atomic E-state index is 0.0458. The van der Waals surface area contributed by atoms with E-state index >= 15 is 0 Å². The van der Waals surface area contributed by atoms with Crippen molar-refractivity contribution in [3.05, 3.63) is 75.7 Å². The highest BCUT2D eigenvalue weighted by atomic mass is 79.9. The molecule has 0 aromatic heterocycles. The van der Waals surface area contributed by atoms with Gasteiger partial charge in [0.25, 0.3) is 5.91 Å². The Hall–Kier alpha value is -2.47. The van der Waals surface area contributed by atoms with Crippen molar-refractivity contribution in [1.82, 2.24) is 5.32 Å². The second-order valence-corrected chi connectivity index (χ2v) is 5.97. The normalized spacial score (nSPS) is 18.1. The average Bonchev–Trinajstić information content (AvgIpc) is 2.54. The molecule has 0 saturated heterocycles. The van der Waals surface area contributed by atoms with Gasteiger partial charge in [-0.15, -0.1) is 0 Å². The number of aliphatic hydroxyl groups is 1. The molecular weight excluding hydrogens is 365 g/mol. The number of Topliss-reactive ketones (excluding diaryl/α,β-unsaturated/α-hetero) is 1. The molecule has 1 aliphatic heterocycles. The zero-order chi connectivity index (χ0) is 16.6. The van der Waals surface area contributed by atoms with Gasteiger partial charge in [-0.2, -0.15) is 0 Å². The third kappa shape index (κ3) is 2.90. The Labute approximate surface area is 139 Å². The summed E-state index contributed by atoms with van der Waals surface area (Å²) in [6.07, 6.45) is 0. The fourth-order valence-electron chi connectivity index (χ4n) is 2.43. The number of benzene rings is 2. The van der Waals surface area contributed by atoms with Crippen LogP contribution in [0.4, 0.5) is 4.39 Å². The summed E-state index contributed by atoms with van der Waals surface area (Å²) in [7, 11) is 0.